The number of nitrogens with zero attached hydrogens (tertiary/aromatic N) is 1. The minimum atomic E-state index is -3.99. The Morgan fingerprint density at radius 2 is 2.08 bits per heavy atom. The van der Waals surface area contributed by atoms with Gasteiger partial charge in [-0.1, -0.05) is 19.1 Å². The highest BCUT2D eigenvalue weighted by molar-refractivity contribution is 7.89. The van der Waals surface area contributed by atoms with Crippen molar-refractivity contribution in [3.63, 3.8) is 0 Å². The molecule has 2 rings (SSSR count). The summed E-state index contributed by atoms with van der Waals surface area (Å²) in [6.45, 7) is 1.81. The molecule has 0 radical (unpaired) electrons. The number of hydrogen-bond donors (Lipinski definition) is 2. The zero-order valence-electron chi connectivity index (χ0n) is 13.6. The normalized spacial score (nSPS) is 11.3. The van der Waals surface area contributed by atoms with Crippen LogP contribution in [0.5, 0.6) is 5.75 Å². The van der Waals surface area contributed by atoms with Gasteiger partial charge in [0, 0.05) is 6.54 Å². The van der Waals surface area contributed by atoms with Crippen molar-refractivity contribution in [3.05, 3.63) is 41.1 Å². The molecule has 0 saturated heterocycles. The van der Waals surface area contributed by atoms with Gasteiger partial charge in [0.15, 0.2) is 0 Å². The van der Waals surface area contributed by atoms with Crippen molar-refractivity contribution in [2.24, 2.45) is 0 Å². The zero-order valence-corrected chi connectivity index (χ0v) is 14.4. The quantitative estimate of drug-likeness (QED) is 0.725. The fourth-order valence-electron chi connectivity index (χ4n) is 2.15. The van der Waals surface area contributed by atoms with Gasteiger partial charge < -0.3 is 9.47 Å². The number of methoxy groups -OCH3 is 2. The first-order chi connectivity index (χ1) is 11.4. The molecule has 0 bridgehead atoms. The number of sulfonamides is 1. The predicted molar refractivity (Wildman–Crippen MR) is 86.3 cm³/mol. The average molecular weight is 353 g/mol. The summed E-state index contributed by atoms with van der Waals surface area (Å²) in [5.41, 5.74) is 1.05. The molecule has 0 fully saturated rings. The Morgan fingerprint density at radius 1 is 1.33 bits per heavy atom. The minimum absolute atomic E-state index is 0.0362. The second-order valence-electron chi connectivity index (χ2n) is 4.90. The van der Waals surface area contributed by atoms with E-state index in [4.69, 9.17) is 4.74 Å². The molecule has 2 N–H and O–H groups in total. The molecule has 1 aromatic carbocycles. The first-order valence-corrected chi connectivity index (χ1v) is 8.69. The van der Waals surface area contributed by atoms with Crippen molar-refractivity contribution in [2.75, 3.05) is 14.2 Å². The molecular weight excluding hydrogens is 334 g/mol. The number of aromatic nitrogens is 2. The van der Waals surface area contributed by atoms with Crippen molar-refractivity contribution in [2.45, 2.75) is 24.9 Å². The monoisotopic (exact) mass is 353 g/mol. The zero-order chi connectivity index (χ0) is 17.7. The number of H-pyrrole nitrogens is 1. The highest BCUT2D eigenvalue weighted by atomic mass is 32.2. The number of ether oxygens (including phenoxy) is 2. The third kappa shape index (κ3) is 3.74. The van der Waals surface area contributed by atoms with Crippen LogP contribution in [0.15, 0.2) is 29.3 Å². The lowest BCUT2D eigenvalue weighted by Crippen LogP contribution is -2.25. The number of aromatic amines is 1. The van der Waals surface area contributed by atoms with E-state index in [0.29, 0.717) is 23.4 Å². The molecule has 0 atom stereocenters. The number of nitrogens with one attached hydrogen (secondary N) is 2. The molecule has 0 amide bonds. The summed E-state index contributed by atoms with van der Waals surface area (Å²) < 4.78 is 37.2. The molecule has 0 spiro atoms. The van der Waals surface area contributed by atoms with E-state index in [1.165, 1.54) is 14.2 Å². The third-order valence-corrected chi connectivity index (χ3v) is 4.74. The molecule has 1 heterocycles. The molecule has 0 saturated carbocycles. The first kappa shape index (κ1) is 18.0. The standard InChI is InChI=1S/C15H19N3O5S/c1-4-12-13(15(19)23-3)14(18-17-12)24(20,21)16-9-10-6-5-7-11(8-10)22-2/h5-8,16H,4,9H2,1-3H3,(H,17,18). The number of hydrogen-bond acceptors (Lipinski definition) is 6. The van der Waals surface area contributed by atoms with E-state index >= 15 is 0 Å². The van der Waals surface area contributed by atoms with E-state index < -0.39 is 16.0 Å². The highest BCUT2D eigenvalue weighted by Gasteiger charge is 2.29. The van der Waals surface area contributed by atoms with Crippen LogP contribution in [0.1, 0.15) is 28.5 Å². The van der Waals surface area contributed by atoms with Crippen molar-refractivity contribution < 1.29 is 22.7 Å². The van der Waals surface area contributed by atoms with Crippen LogP contribution >= 0.6 is 0 Å². The van der Waals surface area contributed by atoms with E-state index in [-0.39, 0.29) is 17.1 Å². The van der Waals surface area contributed by atoms with Gasteiger partial charge in [-0.2, -0.15) is 5.10 Å². The van der Waals surface area contributed by atoms with Gasteiger partial charge in [-0.15, -0.1) is 0 Å². The fourth-order valence-corrected chi connectivity index (χ4v) is 3.29. The van der Waals surface area contributed by atoms with Gasteiger partial charge in [-0.25, -0.2) is 17.9 Å². The minimum Gasteiger partial charge on any atom is -0.497 e. The summed E-state index contributed by atoms with van der Waals surface area (Å²) >= 11 is 0. The Balaban J connectivity index is 2.27. The van der Waals surface area contributed by atoms with Crippen LogP contribution in [0.2, 0.25) is 0 Å². The lowest BCUT2D eigenvalue weighted by Gasteiger charge is -2.08. The van der Waals surface area contributed by atoms with E-state index in [1.807, 2.05) is 0 Å². The van der Waals surface area contributed by atoms with Crippen LogP contribution in [0.4, 0.5) is 0 Å². The van der Waals surface area contributed by atoms with E-state index in [9.17, 15) is 13.2 Å². The van der Waals surface area contributed by atoms with Gasteiger partial charge in [-0.3, -0.25) is 5.10 Å². The molecule has 0 unspecified atom stereocenters. The van der Waals surface area contributed by atoms with Gasteiger partial charge in [0.05, 0.1) is 19.9 Å². The van der Waals surface area contributed by atoms with E-state index in [0.717, 1.165) is 0 Å². The highest BCUT2D eigenvalue weighted by Crippen LogP contribution is 2.19. The van der Waals surface area contributed by atoms with Gasteiger partial charge in [0.2, 0.25) is 5.03 Å². The lowest BCUT2D eigenvalue weighted by atomic mass is 10.2. The van der Waals surface area contributed by atoms with Crippen LogP contribution in [0.25, 0.3) is 0 Å². The van der Waals surface area contributed by atoms with E-state index in [2.05, 4.69) is 19.7 Å². The Labute approximate surface area is 140 Å². The molecule has 8 nitrogen and oxygen atoms in total. The summed E-state index contributed by atoms with van der Waals surface area (Å²) in [5.74, 6) is -0.127. The summed E-state index contributed by atoms with van der Waals surface area (Å²) in [6.07, 6.45) is 0.419. The fraction of sp³-hybridized carbons (Fsp3) is 0.333. The Bertz CT molecular complexity index is 829. The summed E-state index contributed by atoms with van der Waals surface area (Å²) in [7, 11) is -1.27. The molecular formula is C15H19N3O5S. The smallest absolute Gasteiger partial charge is 0.342 e. The van der Waals surface area contributed by atoms with Crippen molar-refractivity contribution >= 4 is 16.0 Å². The Morgan fingerprint density at radius 3 is 2.71 bits per heavy atom. The molecule has 24 heavy (non-hydrogen) atoms. The maximum Gasteiger partial charge on any atom is 0.342 e. The number of esters is 1. The van der Waals surface area contributed by atoms with Crippen LogP contribution < -0.4 is 9.46 Å². The number of benzene rings is 1. The van der Waals surface area contributed by atoms with Gasteiger partial charge in [0.1, 0.15) is 11.3 Å². The SMILES string of the molecule is CCc1[nH]nc(S(=O)(=O)NCc2cccc(OC)c2)c1C(=O)OC. The number of carbonyl (C=O) groups is 1. The molecule has 0 aliphatic heterocycles. The Kier molecular flexibility index (Phi) is 5.58. The number of aryl methyl sites for hydroxylation is 1. The van der Waals surface area contributed by atoms with E-state index in [1.54, 1.807) is 31.2 Å². The summed E-state index contributed by atoms with van der Waals surface area (Å²) in [6, 6.07) is 6.99. The maximum atomic E-state index is 12.5. The second-order valence-corrected chi connectivity index (χ2v) is 6.59. The molecule has 0 aliphatic rings. The molecule has 2 aromatic rings. The predicted octanol–water partition coefficient (Wildman–Crippen LogP) is 1.25. The average Bonchev–Trinajstić information content (AvgIpc) is 3.04. The number of carbonyl (C=O) groups excluding carboxylic acids is 1. The summed E-state index contributed by atoms with van der Waals surface area (Å²) in [4.78, 5) is 11.9. The van der Waals surface area contributed by atoms with Gasteiger partial charge >= 0.3 is 5.97 Å². The molecule has 130 valence electrons. The van der Waals surface area contributed by atoms with Gasteiger partial charge in [0.25, 0.3) is 10.0 Å². The second kappa shape index (κ2) is 7.45. The third-order valence-electron chi connectivity index (χ3n) is 3.41. The largest absolute Gasteiger partial charge is 0.497 e. The molecule has 9 heteroatoms. The van der Waals surface area contributed by atoms with Crippen LogP contribution in [0.3, 0.4) is 0 Å². The van der Waals surface area contributed by atoms with Crippen LogP contribution in [-0.4, -0.2) is 38.8 Å². The lowest BCUT2D eigenvalue weighted by molar-refractivity contribution is 0.0595. The molecule has 1 aromatic heterocycles. The maximum absolute atomic E-state index is 12.5. The van der Waals surface area contributed by atoms with Crippen molar-refractivity contribution in [1.82, 2.24) is 14.9 Å². The van der Waals surface area contributed by atoms with Crippen LogP contribution in [0, 0.1) is 0 Å². The van der Waals surface area contributed by atoms with Crippen molar-refractivity contribution in [3.8, 4) is 5.75 Å². The molecule has 0 aliphatic carbocycles. The topological polar surface area (TPSA) is 110 Å². The van der Waals surface area contributed by atoms with Gasteiger partial charge in [-0.05, 0) is 24.1 Å². The van der Waals surface area contributed by atoms with Crippen molar-refractivity contribution in [1.29, 1.82) is 0 Å². The van der Waals surface area contributed by atoms with Crippen LogP contribution in [-0.2, 0) is 27.7 Å². The first-order valence-electron chi connectivity index (χ1n) is 7.21. The number of rotatable bonds is 7. The summed E-state index contributed by atoms with van der Waals surface area (Å²) in [5, 5.41) is 5.98. The Hall–Kier alpha value is -2.39.